The number of hydrogen-bond donors (Lipinski definition) is 3. The summed E-state index contributed by atoms with van der Waals surface area (Å²) in [4.78, 5) is 12.0. The van der Waals surface area contributed by atoms with Crippen molar-refractivity contribution in [2.45, 2.75) is 32.4 Å². The normalized spacial score (nSPS) is 15.9. The number of likely N-dealkylation sites (tertiary alicyclic amines) is 1. The van der Waals surface area contributed by atoms with E-state index in [4.69, 9.17) is 16.5 Å². The Balaban J connectivity index is 1.60. The van der Waals surface area contributed by atoms with Crippen molar-refractivity contribution >= 4 is 22.7 Å². The van der Waals surface area contributed by atoms with E-state index in [9.17, 15) is 0 Å². The van der Waals surface area contributed by atoms with E-state index in [1.165, 1.54) is 0 Å². The number of rotatable bonds is 6. The molecule has 7 nitrogen and oxygen atoms in total. The molecule has 4 rings (SSSR count). The fourth-order valence-corrected chi connectivity index (χ4v) is 3.93. The molecule has 1 aromatic carbocycles. The highest BCUT2D eigenvalue weighted by Crippen LogP contribution is 2.25. The van der Waals surface area contributed by atoms with Gasteiger partial charge in [0.1, 0.15) is 0 Å². The Kier molecular flexibility index (Phi) is 5.45. The molecule has 1 fully saturated rings. The smallest absolute Gasteiger partial charge is 0.204 e. The van der Waals surface area contributed by atoms with Gasteiger partial charge < -0.3 is 26.3 Å². The van der Waals surface area contributed by atoms with Crippen LogP contribution in [0.1, 0.15) is 24.2 Å². The second-order valence-corrected chi connectivity index (χ2v) is 7.59. The highest BCUT2D eigenvalue weighted by Gasteiger charge is 2.21. The maximum Gasteiger partial charge on any atom is 0.204 e. The van der Waals surface area contributed by atoms with Gasteiger partial charge in [0.25, 0.3) is 0 Å². The van der Waals surface area contributed by atoms with E-state index in [2.05, 4.69) is 25.8 Å². The highest BCUT2D eigenvalue weighted by molar-refractivity contribution is 5.82. The second kappa shape index (κ2) is 8.16. The van der Waals surface area contributed by atoms with Crippen molar-refractivity contribution in [2.75, 3.05) is 37.2 Å². The SMILES string of the molecule is Cc1cccc(Cn2c(NC3CCN(CCN)CC3)nc3ccc(N)cc32)n1. The Labute approximate surface area is 165 Å². The summed E-state index contributed by atoms with van der Waals surface area (Å²) in [5, 5.41) is 3.68. The minimum Gasteiger partial charge on any atom is -0.399 e. The molecule has 0 spiro atoms. The van der Waals surface area contributed by atoms with Crippen LogP contribution in [0.5, 0.6) is 0 Å². The van der Waals surface area contributed by atoms with Crippen LogP contribution in [0, 0.1) is 6.92 Å². The predicted octanol–water partition coefficient (Wildman–Crippen LogP) is 2.21. The second-order valence-electron chi connectivity index (χ2n) is 7.59. The number of fused-ring (bicyclic) bond motifs is 1. The van der Waals surface area contributed by atoms with Gasteiger partial charge in [-0.15, -0.1) is 0 Å². The average Bonchev–Trinajstić information content (AvgIpc) is 3.00. The van der Waals surface area contributed by atoms with Crippen molar-refractivity contribution in [3.05, 3.63) is 47.8 Å². The van der Waals surface area contributed by atoms with Crippen molar-refractivity contribution in [3.8, 4) is 0 Å². The lowest BCUT2D eigenvalue weighted by Crippen LogP contribution is -2.41. The van der Waals surface area contributed by atoms with E-state index in [-0.39, 0.29) is 0 Å². The summed E-state index contributed by atoms with van der Waals surface area (Å²) >= 11 is 0. The number of aryl methyl sites for hydroxylation is 1. The number of nitrogens with one attached hydrogen (secondary N) is 1. The lowest BCUT2D eigenvalue weighted by molar-refractivity contribution is 0.224. The quantitative estimate of drug-likeness (QED) is 0.568. The molecular weight excluding hydrogens is 350 g/mol. The summed E-state index contributed by atoms with van der Waals surface area (Å²) in [6.45, 7) is 6.52. The van der Waals surface area contributed by atoms with E-state index in [1.807, 2.05) is 37.3 Å². The van der Waals surface area contributed by atoms with Crippen LogP contribution in [-0.2, 0) is 6.54 Å². The number of aromatic nitrogens is 3. The van der Waals surface area contributed by atoms with Crippen LogP contribution < -0.4 is 16.8 Å². The maximum absolute atomic E-state index is 6.05. The van der Waals surface area contributed by atoms with Crippen molar-refractivity contribution in [1.82, 2.24) is 19.4 Å². The van der Waals surface area contributed by atoms with Crippen LogP contribution in [0.2, 0.25) is 0 Å². The Bertz CT molecular complexity index is 941. The summed E-state index contributed by atoms with van der Waals surface area (Å²) < 4.78 is 2.19. The summed E-state index contributed by atoms with van der Waals surface area (Å²) in [7, 11) is 0. The van der Waals surface area contributed by atoms with Crippen LogP contribution in [0.25, 0.3) is 11.0 Å². The van der Waals surface area contributed by atoms with Crippen molar-refractivity contribution in [2.24, 2.45) is 5.73 Å². The number of piperidine rings is 1. The van der Waals surface area contributed by atoms with Gasteiger partial charge in [0.2, 0.25) is 5.95 Å². The first-order chi connectivity index (χ1) is 13.6. The molecule has 0 aliphatic carbocycles. The Morgan fingerprint density at radius 2 is 1.96 bits per heavy atom. The van der Waals surface area contributed by atoms with Gasteiger partial charge in [0.15, 0.2) is 0 Å². The summed E-state index contributed by atoms with van der Waals surface area (Å²) in [6, 6.07) is 12.4. The molecule has 0 bridgehead atoms. The monoisotopic (exact) mass is 379 g/mol. The number of imidazole rings is 1. The van der Waals surface area contributed by atoms with Crippen LogP contribution in [0.15, 0.2) is 36.4 Å². The van der Waals surface area contributed by atoms with E-state index >= 15 is 0 Å². The average molecular weight is 380 g/mol. The summed E-state index contributed by atoms with van der Waals surface area (Å²) in [5.74, 6) is 0.890. The molecule has 1 aliphatic heterocycles. The number of nitrogens with zero attached hydrogens (tertiary/aromatic N) is 4. The number of benzene rings is 1. The number of nitrogen functional groups attached to an aromatic ring is 1. The van der Waals surface area contributed by atoms with Gasteiger partial charge in [-0.1, -0.05) is 6.07 Å². The van der Waals surface area contributed by atoms with Crippen LogP contribution in [-0.4, -0.2) is 51.7 Å². The third-order valence-electron chi connectivity index (χ3n) is 5.40. The van der Waals surface area contributed by atoms with Crippen LogP contribution >= 0.6 is 0 Å². The van der Waals surface area contributed by atoms with Gasteiger partial charge in [-0.05, 0) is 50.1 Å². The van der Waals surface area contributed by atoms with Crippen molar-refractivity contribution in [1.29, 1.82) is 0 Å². The lowest BCUT2D eigenvalue weighted by Gasteiger charge is -2.32. The molecule has 0 amide bonds. The molecule has 1 saturated heterocycles. The van der Waals surface area contributed by atoms with Crippen molar-refractivity contribution in [3.63, 3.8) is 0 Å². The minimum atomic E-state index is 0.410. The van der Waals surface area contributed by atoms with Gasteiger partial charge in [-0.25, -0.2) is 4.98 Å². The Morgan fingerprint density at radius 3 is 2.71 bits per heavy atom. The fourth-order valence-electron chi connectivity index (χ4n) is 3.93. The third-order valence-corrected chi connectivity index (χ3v) is 5.40. The maximum atomic E-state index is 6.05. The van der Waals surface area contributed by atoms with Crippen molar-refractivity contribution < 1.29 is 0 Å². The zero-order valence-corrected chi connectivity index (χ0v) is 16.4. The van der Waals surface area contributed by atoms with E-state index in [0.717, 1.165) is 73.1 Å². The highest BCUT2D eigenvalue weighted by atomic mass is 15.2. The van der Waals surface area contributed by atoms with Gasteiger partial charge in [0, 0.05) is 43.6 Å². The molecule has 3 aromatic rings. The number of hydrogen-bond acceptors (Lipinski definition) is 6. The molecule has 1 aliphatic rings. The predicted molar refractivity (Wildman–Crippen MR) is 114 cm³/mol. The van der Waals surface area contributed by atoms with Gasteiger partial charge >= 0.3 is 0 Å². The molecule has 148 valence electrons. The lowest BCUT2D eigenvalue weighted by atomic mass is 10.1. The molecule has 0 radical (unpaired) electrons. The van der Waals surface area contributed by atoms with Gasteiger partial charge in [-0.2, -0.15) is 0 Å². The molecule has 28 heavy (non-hydrogen) atoms. The summed E-state index contributed by atoms with van der Waals surface area (Å²) in [5.41, 5.74) is 16.5. The van der Waals surface area contributed by atoms with Crippen LogP contribution in [0.3, 0.4) is 0 Å². The minimum absolute atomic E-state index is 0.410. The molecule has 0 atom stereocenters. The fraction of sp³-hybridized carbons (Fsp3) is 0.429. The first-order valence-corrected chi connectivity index (χ1v) is 9.99. The van der Waals surface area contributed by atoms with E-state index < -0.39 is 0 Å². The Hall–Kier alpha value is -2.64. The van der Waals surface area contributed by atoms with Crippen LogP contribution in [0.4, 0.5) is 11.6 Å². The molecule has 0 saturated carbocycles. The largest absolute Gasteiger partial charge is 0.399 e. The summed E-state index contributed by atoms with van der Waals surface area (Å²) in [6.07, 6.45) is 2.18. The number of anilines is 2. The molecule has 7 heteroatoms. The third kappa shape index (κ3) is 4.10. The number of nitrogens with two attached hydrogens (primary N) is 2. The zero-order valence-electron chi connectivity index (χ0n) is 16.4. The Morgan fingerprint density at radius 1 is 1.14 bits per heavy atom. The molecule has 5 N–H and O–H groups in total. The molecular formula is C21H29N7. The van der Waals surface area contributed by atoms with E-state index in [1.54, 1.807) is 0 Å². The standard InChI is InChI=1S/C21H29N7/c1-15-3-2-4-18(24-15)14-28-20-13-16(23)5-6-19(20)26-21(28)25-17-7-10-27(11-8-17)12-9-22/h2-6,13,17H,7-12,14,22-23H2,1H3,(H,25,26). The first-order valence-electron chi connectivity index (χ1n) is 9.99. The number of pyridine rings is 1. The topological polar surface area (TPSA) is 98.0 Å². The van der Waals surface area contributed by atoms with Gasteiger partial charge in [-0.3, -0.25) is 4.98 Å². The molecule has 0 unspecified atom stereocenters. The molecule has 2 aromatic heterocycles. The zero-order chi connectivity index (χ0) is 19.5. The van der Waals surface area contributed by atoms with E-state index in [0.29, 0.717) is 12.6 Å². The first kappa shape index (κ1) is 18.7. The molecule has 3 heterocycles. The van der Waals surface area contributed by atoms with Gasteiger partial charge in [0.05, 0.1) is 23.3 Å².